The van der Waals surface area contributed by atoms with Crippen molar-refractivity contribution in [3.05, 3.63) is 71.3 Å². The van der Waals surface area contributed by atoms with Gasteiger partial charge in [-0.3, -0.25) is 9.59 Å². The van der Waals surface area contributed by atoms with E-state index in [0.29, 0.717) is 16.9 Å². The molecule has 2 aliphatic heterocycles. The zero-order chi connectivity index (χ0) is 20.4. The average Bonchev–Trinajstić information content (AvgIpc) is 3.17. The highest BCUT2D eigenvalue weighted by molar-refractivity contribution is 6.08. The molecule has 0 aliphatic carbocycles. The molecular weight excluding hydrogens is 372 g/mol. The molecule has 0 spiro atoms. The number of carbonyl (C=O) groups excluding carboxylic acids is 2. The lowest BCUT2D eigenvalue weighted by molar-refractivity contribution is -0.174. The van der Waals surface area contributed by atoms with Crippen LogP contribution in [0.3, 0.4) is 0 Å². The van der Waals surface area contributed by atoms with E-state index in [9.17, 15) is 9.59 Å². The van der Waals surface area contributed by atoms with E-state index >= 15 is 0 Å². The first-order chi connectivity index (χ1) is 14.1. The summed E-state index contributed by atoms with van der Waals surface area (Å²) < 4.78 is 22.1. The van der Waals surface area contributed by atoms with E-state index in [4.69, 9.17) is 18.9 Å². The first-order valence-corrected chi connectivity index (χ1v) is 9.50. The Morgan fingerprint density at radius 3 is 2.48 bits per heavy atom. The van der Waals surface area contributed by atoms with Crippen LogP contribution in [0.15, 0.2) is 60.2 Å². The summed E-state index contributed by atoms with van der Waals surface area (Å²) in [6, 6.07) is 16.7. The number of esters is 2. The van der Waals surface area contributed by atoms with E-state index in [-0.39, 0.29) is 19.8 Å². The Kier molecular flexibility index (Phi) is 5.11. The van der Waals surface area contributed by atoms with Crippen LogP contribution in [-0.4, -0.2) is 38.9 Å². The predicted octanol–water partition coefficient (Wildman–Crippen LogP) is 3.33. The van der Waals surface area contributed by atoms with Crippen LogP contribution in [0, 0.1) is 5.41 Å². The third kappa shape index (κ3) is 3.00. The Morgan fingerprint density at radius 1 is 1.10 bits per heavy atom. The van der Waals surface area contributed by atoms with Crippen molar-refractivity contribution < 1.29 is 28.5 Å². The van der Waals surface area contributed by atoms with E-state index in [1.165, 1.54) is 0 Å². The molecule has 2 heterocycles. The fourth-order valence-corrected chi connectivity index (χ4v) is 4.04. The fourth-order valence-electron chi connectivity index (χ4n) is 4.04. The molecule has 2 unspecified atom stereocenters. The summed E-state index contributed by atoms with van der Waals surface area (Å²) in [6.07, 6.45) is -0.839. The number of fused-ring (bicyclic) bond motifs is 1. The van der Waals surface area contributed by atoms with E-state index in [0.717, 1.165) is 11.1 Å². The van der Waals surface area contributed by atoms with Gasteiger partial charge in [-0.1, -0.05) is 42.5 Å². The van der Waals surface area contributed by atoms with Crippen LogP contribution in [0.1, 0.15) is 24.2 Å². The Labute approximate surface area is 169 Å². The topological polar surface area (TPSA) is 71.1 Å². The Bertz CT molecular complexity index is 947. The normalized spacial score (nSPS) is 23.4. The molecule has 2 aliphatic rings. The maximum atomic E-state index is 13.2. The molecule has 150 valence electrons. The first kappa shape index (κ1) is 19.2. The standard InChI is InChI=1S/C23H22O6/c1-3-27-21(24)23-19(14-28-20(23)16-9-11-17(26-2)12-10-16)18(13-29-22(23)25)15-7-5-4-6-8-15/h4-12,20H,3,13-14H2,1-2H3. The molecule has 4 rings (SSSR count). The van der Waals surface area contributed by atoms with Gasteiger partial charge in [0.2, 0.25) is 5.41 Å². The van der Waals surface area contributed by atoms with Crippen LogP contribution in [0.2, 0.25) is 0 Å². The lowest BCUT2D eigenvalue weighted by Crippen LogP contribution is -2.48. The van der Waals surface area contributed by atoms with E-state index < -0.39 is 23.5 Å². The van der Waals surface area contributed by atoms with Crippen LogP contribution in [-0.2, 0) is 23.8 Å². The molecule has 0 radical (unpaired) electrons. The Balaban J connectivity index is 1.90. The molecule has 1 saturated heterocycles. The minimum absolute atomic E-state index is 0.0953. The van der Waals surface area contributed by atoms with Gasteiger partial charge in [-0.15, -0.1) is 0 Å². The van der Waals surface area contributed by atoms with Crippen molar-refractivity contribution in [2.45, 2.75) is 13.0 Å². The largest absolute Gasteiger partial charge is 0.497 e. The number of carbonyl (C=O) groups is 2. The molecule has 0 saturated carbocycles. The van der Waals surface area contributed by atoms with Crippen LogP contribution >= 0.6 is 0 Å². The van der Waals surface area contributed by atoms with Gasteiger partial charge in [0.15, 0.2) is 0 Å². The van der Waals surface area contributed by atoms with E-state index in [1.54, 1.807) is 38.3 Å². The summed E-state index contributed by atoms with van der Waals surface area (Å²) >= 11 is 0. The molecule has 0 N–H and O–H groups in total. The molecule has 0 aromatic heterocycles. The first-order valence-electron chi connectivity index (χ1n) is 9.50. The third-order valence-corrected chi connectivity index (χ3v) is 5.44. The second-order valence-electron chi connectivity index (χ2n) is 6.89. The summed E-state index contributed by atoms with van der Waals surface area (Å²) in [7, 11) is 1.58. The quantitative estimate of drug-likeness (QED) is 0.572. The van der Waals surface area contributed by atoms with Gasteiger partial charge in [-0.05, 0) is 41.3 Å². The third-order valence-electron chi connectivity index (χ3n) is 5.44. The molecule has 1 fully saturated rings. The molecule has 2 atom stereocenters. The Hall–Kier alpha value is -3.12. The van der Waals surface area contributed by atoms with Crippen molar-refractivity contribution >= 4 is 17.5 Å². The van der Waals surface area contributed by atoms with Gasteiger partial charge in [0.1, 0.15) is 18.5 Å². The van der Waals surface area contributed by atoms with E-state index in [1.807, 2.05) is 30.3 Å². The second kappa shape index (κ2) is 7.72. The SMILES string of the molecule is CCOC(=O)C12C(=O)OCC(c3ccccc3)=C1COC2c1ccc(OC)cc1. The van der Waals surface area contributed by atoms with Crippen LogP contribution < -0.4 is 4.74 Å². The maximum absolute atomic E-state index is 13.2. The molecule has 6 heteroatoms. The highest BCUT2D eigenvalue weighted by Crippen LogP contribution is 2.54. The number of benzene rings is 2. The minimum Gasteiger partial charge on any atom is -0.497 e. The monoisotopic (exact) mass is 394 g/mol. The molecule has 0 amide bonds. The maximum Gasteiger partial charge on any atom is 0.331 e. The predicted molar refractivity (Wildman–Crippen MR) is 105 cm³/mol. The summed E-state index contributed by atoms with van der Waals surface area (Å²) in [4.78, 5) is 26.4. The number of methoxy groups -OCH3 is 1. The molecular formula is C23H22O6. The molecule has 2 aromatic rings. The van der Waals surface area contributed by atoms with Gasteiger partial charge in [-0.2, -0.15) is 0 Å². The average molecular weight is 394 g/mol. The van der Waals surface area contributed by atoms with Crippen molar-refractivity contribution in [2.24, 2.45) is 5.41 Å². The van der Waals surface area contributed by atoms with Crippen molar-refractivity contribution in [1.29, 1.82) is 0 Å². The Morgan fingerprint density at radius 2 is 1.83 bits per heavy atom. The molecule has 6 nitrogen and oxygen atoms in total. The van der Waals surface area contributed by atoms with Crippen molar-refractivity contribution in [3.63, 3.8) is 0 Å². The molecule has 2 aromatic carbocycles. The highest BCUT2D eigenvalue weighted by Gasteiger charge is 2.65. The lowest BCUT2D eigenvalue weighted by Gasteiger charge is -2.35. The lowest BCUT2D eigenvalue weighted by atomic mass is 9.71. The van der Waals surface area contributed by atoms with Crippen LogP contribution in [0.4, 0.5) is 0 Å². The molecule has 0 bridgehead atoms. The number of cyclic esters (lactones) is 1. The fraction of sp³-hybridized carbons (Fsp3) is 0.304. The summed E-state index contributed by atoms with van der Waals surface area (Å²) in [5.74, 6) is -0.612. The number of hydrogen-bond donors (Lipinski definition) is 0. The highest BCUT2D eigenvalue weighted by atomic mass is 16.6. The van der Waals surface area contributed by atoms with Gasteiger partial charge in [0.25, 0.3) is 0 Å². The van der Waals surface area contributed by atoms with Crippen molar-refractivity contribution in [1.82, 2.24) is 0 Å². The van der Waals surface area contributed by atoms with Gasteiger partial charge < -0.3 is 18.9 Å². The zero-order valence-corrected chi connectivity index (χ0v) is 16.3. The number of ether oxygens (including phenoxy) is 4. The molecule has 29 heavy (non-hydrogen) atoms. The zero-order valence-electron chi connectivity index (χ0n) is 16.3. The van der Waals surface area contributed by atoms with E-state index in [2.05, 4.69) is 0 Å². The minimum atomic E-state index is -1.66. The van der Waals surface area contributed by atoms with Gasteiger partial charge >= 0.3 is 11.9 Å². The summed E-state index contributed by atoms with van der Waals surface area (Å²) in [6.45, 7) is 2.10. The number of hydrogen-bond acceptors (Lipinski definition) is 6. The summed E-state index contributed by atoms with van der Waals surface area (Å²) in [5.41, 5.74) is 1.31. The smallest absolute Gasteiger partial charge is 0.331 e. The summed E-state index contributed by atoms with van der Waals surface area (Å²) in [5, 5.41) is 0. The van der Waals surface area contributed by atoms with Gasteiger partial charge in [0, 0.05) is 0 Å². The van der Waals surface area contributed by atoms with Crippen molar-refractivity contribution in [3.8, 4) is 5.75 Å². The van der Waals surface area contributed by atoms with Crippen LogP contribution in [0.25, 0.3) is 5.57 Å². The van der Waals surface area contributed by atoms with Crippen LogP contribution in [0.5, 0.6) is 5.75 Å². The number of rotatable bonds is 5. The van der Waals surface area contributed by atoms with Crippen molar-refractivity contribution in [2.75, 3.05) is 26.9 Å². The van der Waals surface area contributed by atoms with Gasteiger partial charge in [0.05, 0.1) is 20.3 Å². The van der Waals surface area contributed by atoms with Gasteiger partial charge in [-0.25, -0.2) is 0 Å². The second-order valence-corrected chi connectivity index (χ2v) is 6.89.